The van der Waals surface area contributed by atoms with Crippen molar-refractivity contribution in [3.05, 3.63) is 46.0 Å². The molecule has 0 aliphatic carbocycles. The van der Waals surface area contributed by atoms with Crippen LogP contribution in [0.25, 0.3) is 12.2 Å². The van der Waals surface area contributed by atoms with Crippen LogP contribution in [0.3, 0.4) is 0 Å². The highest BCUT2D eigenvalue weighted by Crippen LogP contribution is 2.10. The SMILES string of the molecule is CCN(CC)Cn1[nH]c(C=Cc2ccccc2C)nc1=S. The zero-order valence-electron chi connectivity index (χ0n) is 12.8. The van der Waals surface area contributed by atoms with E-state index in [1.807, 2.05) is 22.9 Å². The minimum absolute atomic E-state index is 0.589. The van der Waals surface area contributed by atoms with Gasteiger partial charge in [0.25, 0.3) is 0 Å². The Hall–Kier alpha value is -1.72. The summed E-state index contributed by atoms with van der Waals surface area (Å²) >= 11 is 5.30. The Morgan fingerprint density at radius 3 is 2.62 bits per heavy atom. The van der Waals surface area contributed by atoms with Crippen LogP contribution in [0.1, 0.15) is 30.8 Å². The molecule has 0 saturated carbocycles. The number of benzene rings is 1. The zero-order valence-corrected chi connectivity index (χ0v) is 13.7. The van der Waals surface area contributed by atoms with Crippen LogP contribution in [0.4, 0.5) is 0 Å². The van der Waals surface area contributed by atoms with Crippen LogP contribution >= 0.6 is 12.2 Å². The van der Waals surface area contributed by atoms with Gasteiger partial charge in [0, 0.05) is 0 Å². The van der Waals surface area contributed by atoms with Gasteiger partial charge in [0.2, 0.25) is 4.77 Å². The van der Waals surface area contributed by atoms with Crippen LogP contribution in [0, 0.1) is 11.7 Å². The Morgan fingerprint density at radius 2 is 1.95 bits per heavy atom. The first kappa shape index (κ1) is 15.7. The minimum Gasteiger partial charge on any atom is -0.285 e. The molecule has 1 heterocycles. The Morgan fingerprint density at radius 1 is 1.24 bits per heavy atom. The monoisotopic (exact) mass is 302 g/mol. The third-order valence-corrected chi connectivity index (χ3v) is 3.85. The lowest BCUT2D eigenvalue weighted by Crippen LogP contribution is -2.26. The summed E-state index contributed by atoms with van der Waals surface area (Å²) in [6.07, 6.45) is 4.03. The van der Waals surface area contributed by atoms with Gasteiger partial charge in [-0.25, -0.2) is 4.68 Å². The van der Waals surface area contributed by atoms with E-state index in [0.717, 1.165) is 25.6 Å². The first-order chi connectivity index (χ1) is 10.1. The highest BCUT2D eigenvalue weighted by Gasteiger charge is 2.04. The highest BCUT2D eigenvalue weighted by atomic mass is 32.1. The quantitative estimate of drug-likeness (QED) is 0.826. The van der Waals surface area contributed by atoms with Crippen molar-refractivity contribution in [2.45, 2.75) is 27.4 Å². The maximum absolute atomic E-state index is 5.30. The van der Waals surface area contributed by atoms with Gasteiger partial charge in [0.1, 0.15) is 5.82 Å². The number of aromatic nitrogens is 3. The van der Waals surface area contributed by atoms with E-state index in [9.17, 15) is 0 Å². The summed E-state index contributed by atoms with van der Waals surface area (Å²) < 4.78 is 2.49. The van der Waals surface area contributed by atoms with Gasteiger partial charge in [0.15, 0.2) is 0 Å². The number of hydrogen-bond acceptors (Lipinski definition) is 3. The van der Waals surface area contributed by atoms with Crippen molar-refractivity contribution in [2.24, 2.45) is 0 Å². The van der Waals surface area contributed by atoms with Gasteiger partial charge in [-0.05, 0) is 49.4 Å². The molecule has 2 aromatic rings. The summed E-state index contributed by atoms with van der Waals surface area (Å²) in [6.45, 7) is 9.11. The molecule has 0 atom stereocenters. The first-order valence-corrected chi connectivity index (χ1v) is 7.67. The number of rotatable bonds is 6. The van der Waals surface area contributed by atoms with Crippen molar-refractivity contribution < 1.29 is 0 Å². The molecule has 5 heteroatoms. The predicted molar refractivity (Wildman–Crippen MR) is 90.4 cm³/mol. The molecule has 0 saturated heterocycles. The van der Waals surface area contributed by atoms with Crippen LogP contribution in [0.2, 0.25) is 0 Å². The van der Waals surface area contributed by atoms with Crippen molar-refractivity contribution in [2.75, 3.05) is 13.1 Å². The summed E-state index contributed by atoms with van der Waals surface area (Å²) in [5.41, 5.74) is 2.44. The zero-order chi connectivity index (χ0) is 15.2. The Labute approximate surface area is 131 Å². The van der Waals surface area contributed by atoms with Crippen molar-refractivity contribution >= 4 is 24.4 Å². The van der Waals surface area contributed by atoms with Gasteiger partial charge in [-0.3, -0.25) is 10.00 Å². The topological polar surface area (TPSA) is 36.9 Å². The van der Waals surface area contributed by atoms with Gasteiger partial charge in [0.05, 0.1) is 6.67 Å². The molecule has 0 bridgehead atoms. The van der Waals surface area contributed by atoms with E-state index in [1.165, 1.54) is 11.1 Å². The number of hydrogen-bond donors (Lipinski definition) is 1. The molecular formula is C16H22N4S. The second kappa shape index (κ2) is 7.33. The summed E-state index contributed by atoms with van der Waals surface area (Å²) in [4.78, 5) is 6.67. The summed E-state index contributed by atoms with van der Waals surface area (Å²) in [5.74, 6) is 0.787. The second-order valence-electron chi connectivity index (χ2n) is 4.95. The summed E-state index contributed by atoms with van der Waals surface area (Å²) in [6, 6.07) is 8.26. The Balaban J connectivity index is 2.16. The molecule has 0 unspecified atom stereocenters. The fraction of sp³-hybridized carbons (Fsp3) is 0.375. The molecule has 112 valence electrons. The van der Waals surface area contributed by atoms with Gasteiger partial charge in [-0.1, -0.05) is 44.2 Å². The van der Waals surface area contributed by atoms with Crippen LogP contribution in [0.15, 0.2) is 24.3 Å². The molecule has 0 fully saturated rings. The number of H-pyrrole nitrogens is 1. The fourth-order valence-electron chi connectivity index (χ4n) is 2.11. The molecule has 0 spiro atoms. The second-order valence-corrected chi connectivity index (χ2v) is 5.32. The molecule has 1 aromatic heterocycles. The van der Waals surface area contributed by atoms with E-state index in [0.29, 0.717) is 4.77 Å². The fourth-order valence-corrected chi connectivity index (χ4v) is 2.31. The highest BCUT2D eigenvalue weighted by molar-refractivity contribution is 7.71. The average Bonchev–Trinajstić information content (AvgIpc) is 2.84. The van der Waals surface area contributed by atoms with E-state index < -0.39 is 0 Å². The van der Waals surface area contributed by atoms with E-state index in [4.69, 9.17) is 12.2 Å². The number of aromatic amines is 1. The summed E-state index contributed by atoms with van der Waals surface area (Å²) in [5, 5.41) is 3.24. The Bertz CT molecular complexity index is 665. The lowest BCUT2D eigenvalue weighted by atomic mass is 10.1. The van der Waals surface area contributed by atoms with Crippen molar-refractivity contribution in [3.63, 3.8) is 0 Å². The minimum atomic E-state index is 0.589. The molecule has 1 N–H and O–H groups in total. The standard InChI is InChI=1S/C16H22N4S/c1-4-19(5-2)12-20-16(21)17-15(18-20)11-10-14-9-7-6-8-13(14)3/h6-11H,4-5,12H2,1-3H3,(H,17,18,21). The molecule has 0 amide bonds. The smallest absolute Gasteiger partial charge is 0.217 e. The van der Waals surface area contributed by atoms with Crippen LogP contribution < -0.4 is 0 Å². The molecular weight excluding hydrogens is 280 g/mol. The lowest BCUT2D eigenvalue weighted by Gasteiger charge is -2.17. The first-order valence-electron chi connectivity index (χ1n) is 7.27. The van der Waals surface area contributed by atoms with Crippen LogP contribution in [-0.2, 0) is 6.67 Å². The van der Waals surface area contributed by atoms with Crippen molar-refractivity contribution in [1.82, 2.24) is 19.7 Å². The van der Waals surface area contributed by atoms with E-state index >= 15 is 0 Å². The largest absolute Gasteiger partial charge is 0.285 e. The number of nitrogens with zero attached hydrogens (tertiary/aromatic N) is 3. The van der Waals surface area contributed by atoms with Gasteiger partial charge < -0.3 is 0 Å². The maximum atomic E-state index is 5.30. The lowest BCUT2D eigenvalue weighted by molar-refractivity contribution is 0.227. The van der Waals surface area contributed by atoms with Gasteiger partial charge in [-0.15, -0.1) is 0 Å². The summed E-state index contributed by atoms with van der Waals surface area (Å²) in [7, 11) is 0. The van der Waals surface area contributed by atoms with E-state index in [-0.39, 0.29) is 0 Å². The molecule has 4 nitrogen and oxygen atoms in total. The predicted octanol–water partition coefficient (Wildman–Crippen LogP) is 3.72. The average molecular weight is 302 g/mol. The van der Waals surface area contributed by atoms with Crippen LogP contribution in [-0.4, -0.2) is 32.8 Å². The third kappa shape index (κ3) is 4.12. The molecule has 0 aliphatic heterocycles. The third-order valence-electron chi connectivity index (χ3n) is 3.54. The Kier molecular flexibility index (Phi) is 5.47. The van der Waals surface area contributed by atoms with Crippen molar-refractivity contribution in [3.8, 4) is 0 Å². The normalized spacial score (nSPS) is 11.6. The van der Waals surface area contributed by atoms with Gasteiger partial charge >= 0.3 is 0 Å². The molecule has 0 aliphatic rings. The molecule has 1 aromatic carbocycles. The maximum Gasteiger partial charge on any atom is 0.217 e. The van der Waals surface area contributed by atoms with Crippen molar-refractivity contribution in [1.29, 1.82) is 0 Å². The van der Waals surface area contributed by atoms with Gasteiger partial charge in [-0.2, -0.15) is 4.98 Å². The molecule has 0 radical (unpaired) electrons. The number of nitrogens with one attached hydrogen (secondary N) is 1. The number of aryl methyl sites for hydroxylation is 1. The van der Waals surface area contributed by atoms with E-state index in [1.54, 1.807) is 0 Å². The van der Waals surface area contributed by atoms with Crippen LogP contribution in [0.5, 0.6) is 0 Å². The van der Waals surface area contributed by atoms with E-state index in [2.05, 4.69) is 54.0 Å². The molecule has 2 rings (SSSR count). The molecule has 21 heavy (non-hydrogen) atoms.